The lowest BCUT2D eigenvalue weighted by Crippen LogP contribution is -2.50. The number of piperazine rings is 1. The second-order valence-electron chi connectivity index (χ2n) is 5.96. The molecule has 27 heavy (non-hydrogen) atoms. The molecule has 1 aliphatic heterocycles. The van der Waals surface area contributed by atoms with E-state index in [4.69, 9.17) is 16.3 Å². The molecule has 0 bridgehead atoms. The number of hydrogen-bond acceptors (Lipinski definition) is 3. The molecule has 144 valence electrons. The molecule has 2 aromatic rings. The predicted molar refractivity (Wildman–Crippen MR) is 92.7 cm³/mol. The first-order valence-corrected chi connectivity index (χ1v) is 8.46. The number of ether oxygens (including phenoxy) is 1. The summed E-state index contributed by atoms with van der Waals surface area (Å²) >= 11 is 5.86. The molecule has 0 N–H and O–H groups in total. The minimum atomic E-state index is -4.50. The molecule has 1 heterocycles. The zero-order valence-electron chi connectivity index (χ0n) is 14.0. The Morgan fingerprint density at radius 1 is 1.00 bits per heavy atom. The summed E-state index contributed by atoms with van der Waals surface area (Å²) in [5, 5.41) is 0.205. The number of anilines is 1. The molecule has 1 aliphatic rings. The lowest BCUT2D eigenvalue weighted by molar-refractivity contribution is -0.137. The Balaban J connectivity index is 1.66. The fraction of sp³-hybridized carbons (Fsp3) is 0.278. The van der Waals surface area contributed by atoms with Gasteiger partial charge < -0.3 is 14.5 Å². The van der Waals surface area contributed by atoms with Gasteiger partial charge in [-0.25, -0.2) is 9.18 Å². The lowest BCUT2D eigenvalue weighted by atomic mass is 10.1. The molecular formula is C18H15ClF4N2O2. The molecule has 1 saturated heterocycles. The van der Waals surface area contributed by atoms with Crippen molar-refractivity contribution in [1.82, 2.24) is 4.90 Å². The fourth-order valence-electron chi connectivity index (χ4n) is 2.80. The maximum absolute atomic E-state index is 13.2. The van der Waals surface area contributed by atoms with Gasteiger partial charge in [-0.3, -0.25) is 0 Å². The Kier molecular flexibility index (Phi) is 5.46. The third-order valence-corrected chi connectivity index (χ3v) is 4.40. The van der Waals surface area contributed by atoms with E-state index in [1.807, 2.05) is 0 Å². The summed E-state index contributed by atoms with van der Waals surface area (Å²) in [6, 6.07) is 8.40. The van der Waals surface area contributed by atoms with Crippen LogP contribution >= 0.6 is 11.6 Å². The Morgan fingerprint density at radius 2 is 1.63 bits per heavy atom. The van der Waals surface area contributed by atoms with E-state index < -0.39 is 23.7 Å². The van der Waals surface area contributed by atoms with E-state index in [-0.39, 0.29) is 42.6 Å². The van der Waals surface area contributed by atoms with Gasteiger partial charge in [-0.05, 0) is 42.5 Å². The Hall–Kier alpha value is -2.48. The van der Waals surface area contributed by atoms with Crippen molar-refractivity contribution >= 4 is 23.4 Å². The smallest absolute Gasteiger partial charge is 0.410 e. The van der Waals surface area contributed by atoms with Crippen molar-refractivity contribution in [2.24, 2.45) is 0 Å². The van der Waals surface area contributed by atoms with E-state index in [0.29, 0.717) is 0 Å². The van der Waals surface area contributed by atoms with Crippen LogP contribution in [0.3, 0.4) is 0 Å². The molecule has 1 fully saturated rings. The van der Waals surface area contributed by atoms with Crippen molar-refractivity contribution < 1.29 is 27.1 Å². The second kappa shape index (κ2) is 7.64. The minimum absolute atomic E-state index is 0.0125. The highest BCUT2D eigenvalue weighted by atomic mass is 35.5. The first-order valence-electron chi connectivity index (χ1n) is 8.08. The van der Waals surface area contributed by atoms with Crippen LogP contribution in [0.2, 0.25) is 5.02 Å². The predicted octanol–water partition coefficient (Wildman–Crippen LogP) is 4.82. The number of hydrogen-bond donors (Lipinski definition) is 0. The Bertz CT molecular complexity index is 819. The van der Waals surface area contributed by atoms with Gasteiger partial charge in [0.15, 0.2) is 0 Å². The van der Waals surface area contributed by atoms with Gasteiger partial charge in [0.1, 0.15) is 11.6 Å². The van der Waals surface area contributed by atoms with Crippen LogP contribution in [-0.4, -0.2) is 37.2 Å². The van der Waals surface area contributed by atoms with Crippen LogP contribution in [0.5, 0.6) is 5.75 Å². The van der Waals surface area contributed by atoms with Crippen molar-refractivity contribution in [2.45, 2.75) is 6.18 Å². The van der Waals surface area contributed by atoms with Crippen molar-refractivity contribution in [3.05, 3.63) is 58.9 Å². The molecule has 0 saturated carbocycles. The molecule has 0 spiro atoms. The maximum atomic E-state index is 13.2. The summed E-state index contributed by atoms with van der Waals surface area (Å²) in [4.78, 5) is 15.1. The molecule has 2 aromatic carbocycles. The standard InChI is InChI=1S/C18H15ClF4N2O2/c19-12-1-6-15(18(21,22)23)16(11-12)24-7-9-25(10-8-24)17(26)27-14-4-2-13(20)3-5-14/h1-6,11H,7-10H2. The topological polar surface area (TPSA) is 32.8 Å². The summed E-state index contributed by atoms with van der Waals surface area (Å²) in [6.07, 6.45) is -5.14. The van der Waals surface area contributed by atoms with Crippen molar-refractivity contribution in [2.75, 3.05) is 31.1 Å². The van der Waals surface area contributed by atoms with Crippen LogP contribution in [0.1, 0.15) is 5.56 Å². The largest absolute Gasteiger partial charge is 0.418 e. The first kappa shape index (κ1) is 19.3. The normalized spacial score (nSPS) is 15.0. The van der Waals surface area contributed by atoms with Crippen LogP contribution in [-0.2, 0) is 6.18 Å². The van der Waals surface area contributed by atoms with E-state index in [0.717, 1.165) is 6.07 Å². The molecule has 0 unspecified atom stereocenters. The zero-order chi connectivity index (χ0) is 19.6. The number of benzene rings is 2. The van der Waals surface area contributed by atoms with Crippen molar-refractivity contribution in [3.8, 4) is 5.75 Å². The van der Waals surface area contributed by atoms with Gasteiger partial charge in [0.2, 0.25) is 0 Å². The molecule has 4 nitrogen and oxygen atoms in total. The SMILES string of the molecule is O=C(Oc1ccc(F)cc1)N1CCN(c2cc(Cl)ccc2C(F)(F)F)CC1. The third kappa shape index (κ3) is 4.63. The molecule has 1 amide bonds. The molecule has 3 rings (SSSR count). The number of carbonyl (C=O) groups is 1. The van der Waals surface area contributed by atoms with Crippen molar-refractivity contribution in [1.29, 1.82) is 0 Å². The quantitative estimate of drug-likeness (QED) is 0.675. The van der Waals surface area contributed by atoms with E-state index in [9.17, 15) is 22.4 Å². The average molecular weight is 403 g/mol. The summed E-state index contributed by atoms with van der Waals surface area (Å²) < 4.78 is 57.7. The molecular weight excluding hydrogens is 388 g/mol. The summed E-state index contributed by atoms with van der Waals surface area (Å²) in [5.41, 5.74) is -0.782. The van der Waals surface area contributed by atoms with Gasteiger partial charge in [-0.1, -0.05) is 11.6 Å². The zero-order valence-corrected chi connectivity index (χ0v) is 14.7. The summed E-state index contributed by atoms with van der Waals surface area (Å²) in [5.74, 6) is -0.261. The number of carbonyl (C=O) groups excluding carboxylic acids is 1. The highest BCUT2D eigenvalue weighted by molar-refractivity contribution is 6.30. The molecule has 0 aliphatic carbocycles. The summed E-state index contributed by atoms with van der Waals surface area (Å²) in [6.45, 7) is 0.761. The first-order chi connectivity index (χ1) is 12.7. The highest BCUT2D eigenvalue weighted by Crippen LogP contribution is 2.38. The number of halogens is 5. The Morgan fingerprint density at radius 3 is 2.22 bits per heavy atom. The number of nitrogens with zero attached hydrogens (tertiary/aromatic N) is 2. The van der Waals surface area contributed by atoms with Gasteiger partial charge in [-0.15, -0.1) is 0 Å². The van der Waals surface area contributed by atoms with Crippen LogP contribution in [0.4, 0.5) is 28.0 Å². The van der Waals surface area contributed by atoms with Gasteiger partial charge in [0, 0.05) is 31.2 Å². The Labute approximate surface area is 157 Å². The van der Waals surface area contributed by atoms with Crippen LogP contribution in [0, 0.1) is 5.82 Å². The highest BCUT2D eigenvalue weighted by Gasteiger charge is 2.36. The van der Waals surface area contributed by atoms with E-state index >= 15 is 0 Å². The fourth-order valence-corrected chi connectivity index (χ4v) is 2.97. The van der Waals surface area contributed by atoms with E-state index in [2.05, 4.69) is 0 Å². The van der Waals surface area contributed by atoms with E-state index in [1.165, 1.54) is 46.2 Å². The van der Waals surface area contributed by atoms with E-state index in [1.54, 1.807) is 0 Å². The molecule has 0 radical (unpaired) electrons. The van der Waals surface area contributed by atoms with Gasteiger partial charge in [0.25, 0.3) is 0 Å². The lowest BCUT2D eigenvalue weighted by Gasteiger charge is -2.36. The van der Waals surface area contributed by atoms with Crippen LogP contribution in [0.15, 0.2) is 42.5 Å². The molecule has 9 heteroatoms. The number of alkyl halides is 3. The minimum Gasteiger partial charge on any atom is -0.410 e. The molecule has 0 aromatic heterocycles. The second-order valence-corrected chi connectivity index (χ2v) is 6.39. The number of amides is 1. The maximum Gasteiger partial charge on any atom is 0.418 e. The van der Waals surface area contributed by atoms with Crippen molar-refractivity contribution in [3.63, 3.8) is 0 Å². The average Bonchev–Trinajstić information content (AvgIpc) is 2.62. The number of rotatable bonds is 2. The van der Waals surface area contributed by atoms with Gasteiger partial charge in [-0.2, -0.15) is 13.2 Å². The van der Waals surface area contributed by atoms with Crippen LogP contribution < -0.4 is 9.64 Å². The molecule has 0 atom stereocenters. The van der Waals surface area contributed by atoms with Gasteiger partial charge >= 0.3 is 12.3 Å². The summed E-state index contributed by atoms with van der Waals surface area (Å²) in [7, 11) is 0. The van der Waals surface area contributed by atoms with Crippen LogP contribution in [0.25, 0.3) is 0 Å². The van der Waals surface area contributed by atoms with Gasteiger partial charge in [0.05, 0.1) is 11.3 Å². The third-order valence-electron chi connectivity index (χ3n) is 4.16. The monoisotopic (exact) mass is 402 g/mol.